The third-order valence-electron chi connectivity index (χ3n) is 4.62. The van der Waals surface area contributed by atoms with Crippen molar-refractivity contribution in [2.24, 2.45) is 4.99 Å². The quantitative estimate of drug-likeness (QED) is 0.509. The van der Waals surface area contributed by atoms with Crippen molar-refractivity contribution in [2.45, 2.75) is 51.7 Å². The van der Waals surface area contributed by atoms with E-state index in [0.29, 0.717) is 19.6 Å². The number of hydrogen-bond donors (Lipinski definition) is 2. The fourth-order valence-corrected chi connectivity index (χ4v) is 3.10. The first-order valence-electron chi connectivity index (χ1n) is 9.87. The number of piperidine rings is 1. The van der Waals surface area contributed by atoms with E-state index in [1.165, 1.54) is 0 Å². The maximum Gasteiger partial charge on any atom is 0.251 e. The molecule has 0 bridgehead atoms. The van der Waals surface area contributed by atoms with Gasteiger partial charge in [-0.2, -0.15) is 0 Å². The summed E-state index contributed by atoms with van der Waals surface area (Å²) < 4.78 is 31.0. The second kappa shape index (κ2) is 11.7. The topological polar surface area (TPSA) is 48.9 Å². The summed E-state index contributed by atoms with van der Waals surface area (Å²) in [5.41, 5.74) is 0. The summed E-state index contributed by atoms with van der Waals surface area (Å²) in [5.74, 6) is 1.61. The van der Waals surface area contributed by atoms with Gasteiger partial charge in [0.15, 0.2) is 5.96 Å². The predicted molar refractivity (Wildman–Crippen MR) is 106 cm³/mol. The number of benzene rings is 1. The molecular weight excluding hydrogens is 350 g/mol. The van der Waals surface area contributed by atoms with Crippen LogP contribution in [0.3, 0.4) is 0 Å². The number of nitrogens with zero attached hydrogens (tertiary/aromatic N) is 2. The fraction of sp³-hybridized carbons (Fsp3) is 0.650. The molecule has 27 heavy (non-hydrogen) atoms. The van der Waals surface area contributed by atoms with E-state index in [4.69, 9.17) is 4.74 Å². The van der Waals surface area contributed by atoms with Gasteiger partial charge in [-0.25, -0.2) is 13.8 Å². The monoisotopic (exact) mass is 382 g/mol. The summed E-state index contributed by atoms with van der Waals surface area (Å²) in [7, 11) is 0. The maximum absolute atomic E-state index is 12.5. The van der Waals surface area contributed by atoms with Crippen molar-refractivity contribution < 1.29 is 13.5 Å². The molecular formula is C20H32F2N4O. The summed E-state index contributed by atoms with van der Waals surface area (Å²) in [6.45, 7) is 6.70. The zero-order valence-electron chi connectivity index (χ0n) is 16.3. The van der Waals surface area contributed by atoms with E-state index >= 15 is 0 Å². The van der Waals surface area contributed by atoms with Gasteiger partial charge in [0.1, 0.15) is 11.9 Å². The number of para-hydroxylation sites is 1. The molecule has 0 saturated carbocycles. The average molecular weight is 382 g/mol. The smallest absolute Gasteiger partial charge is 0.251 e. The second-order valence-corrected chi connectivity index (χ2v) is 6.79. The van der Waals surface area contributed by atoms with E-state index in [2.05, 4.69) is 22.5 Å². The van der Waals surface area contributed by atoms with Gasteiger partial charge in [0.2, 0.25) is 0 Å². The number of aliphatic imine (C=N–C) groups is 1. The van der Waals surface area contributed by atoms with Gasteiger partial charge in [-0.3, -0.25) is 4.90 Å². The molecule has 1 unspecified atom stereocenters. The molecule has 1 heterocycles. The molecule has 1 aliphatic rings. The van der Waals surface area contributed by atoms with E-state index in [1.807, 2.05) is 42.2 Å². The minimum absolute atomic E-state index is 0.00995. The fourth-order valence-electron chi connectivity index (χ4n) is 3.10. The molecule has 1 aromatic carbocycles. The Balaban J connectivity index is 1.84. The van der Waals surface area contributed by atoms with Crippen LogP contribution < -0.4 is 15.4 Å². The highest BCUT2D eigenvalue weighted by Gasteiger charge is 2.22. The first-order valence-corrected chi connectivity index (χ1v) is 9.87. The number of ether oxygens (including phenoxy) is 1. The van der Waals surface area contributed by atoms with Crippen molar-refractivity contribution in [3.05, 3.63) is 30.3 Å². The van der Waals surface area contributed by atoms with Crippen molar-refractivity contribution in [1.82, 2.24) is 15.5 Å². The van der Waals surface area contributed by atoms with E-state index in [1.54, 1.807) is 0 Å². The third kappa shape index (κ3) is 8.12. The van der Waals surface area contributed by atoms with Crippen LogP contribution in [0.4, 0.5) is 8.78 Å². The van der Waals surface area contributed by atoms with Gasteiger partial charge in [-0.1, -0.05) is 25.1 Å². The lowest BCUT2D eigenvalue weighted by atomic mass is 10.1. The number of halogens is 2. The highest BCUT2D eigenvalue weighted by atomic mass is 19.3. The van der Waals surface area contributed by atoms with Crippen molar-refractivity contribution in [1.29, 1.82) is 0 Å². The normalized spacial score (nSPS) is 17.7. The van der Waals surface area contributed by atoms with Gasteiger partial charge < -0.3 is 15.4 Å². The maximum atomic E-state index is 12.5. The molecule has 5 nitrogen and oxygen atoms in total. The van der Waals surface area contributed by atoms with Crippen LogP contribution in [0.15, 0.2) is 35.3 Å². The number of hydrogen-bond acceptors (Lipinski definition) is 3. The second-order valence-electron chi connectivity index (χ2n) is 6.79. The minimum atomic E-state index is -2.26. The van der Waals surface area contributed by atoms with E-state index in [-0.39, 0.29) is 18.7 Å². The number of guanidine groups is 1. The van der Waals surface area contributed by atoms with Crippen LogP contribution in [-0.2, 0) is 0 Å². The van der Waals surface area contributed by atoms with Crippen LogP contribution in [0.2, 0.25) is 0 Å². The average Bonchev–Trinajstić information content (AvgIpc) is 2.67. The molecule has 0 aromatic heterocycles. The van der Waals surface area contributed by atoms with Crippen molar-refractivity contribution in [3.63, 3.8) is 0 Å². The summed E-state index contributed by atoms with van der Waals surface area (Å²) in [5, 5.41) is 6.71. The summed E-state index contributed by atoms with van der Waals surface area (Å²) in [6.07, 6.45) is 0.299. The Kier molecular flexibility index (Phi) is 9.31. The van der Waals surface area contributed by atoms with Crippen LogP contribution in [0.25, 0.3) is 0 Å². The van der Waals surface area contributed by atoms with Crippen molar-refractivity contribution in [2.75, 3.05) is 32.7 Å². The van der Waals surface area contributed by atoms with E-state index in [9.17, 15) is 8.78 Å². The Labute approximate surface area is 161 Å². The molecule has 2 N–H and O–H groups in total. The number of rotatable bonds is 9. The van der Waals surface area contributed by atoms with Gasteiger partial charge in [-0.05, 0) is 38.3 Å². The SMILES string of the molecule is CCNC(=NCC(CC)Oc1ccccc1)NC1CCN(CC(F)F)CC1. The number of likely N-dealkylation sites (tertiary alicyclic amines) is 1. The van der Waals surface area contributed by atoms with Crippen molar-refractivity contribution in [3.8, 4) is 5.75 Å². The van der Waals surface area contributed by atoms with Gasteiger partial charge in [0, 0.05) is 25.7 Å². The highest BCUT2D eigenvalue weighted by Crippen LogP contribution is 2.13. The molecule has 1 aromatic rings. The standard InChI is InChI=1S/C20H32F2N4O/c1-3-17(27-18-8-6-5-7-9-18)14-24-20(23-4-2)25-16-10-12-26(13-11-16)15-19(21)22/h5-9,16-17,19H,3-4,10-15H2,1-2H3,(H2,23,24,25). The molecule has 0 aliphatic carbocycles. The van der Waals surface area contributed by atoms with E-state index in [0.717, 1.165) is 37.5 Å². The minimum Gasteiger partial charge on any atom is -0.489 e. The molecule has 2 rings (SSSR count). The van der Waals surface area contributed by atoms with E-state index < -0.39 is 6.43 Å². The Morgan fingerprint density at radius 1 is 1.22 bits per heavy atom. The molecule has 1 atom stereocenters. The zero-order chi connectivity index (χ0) is 19.5. The van der Waals surface area contributed by atoms with Crippen LogP contribution in [0, 0.1) is 0 Å². The molecule has 152 valence electrons. The number of nitrogens with one attached hydrogen (secondary N) is 2. The Bertz CT molecular complexity index is 548. The zero-order valence-corrected chi connectivity index (χ0v) is 16.3. The van der Waals surface area contributed by atoms with Gasteiger partial charge >= 0.3 is 0 Å². The molecule has 7 heteroatoms. The Hall–Kier alpha value is -1.89. The van der Waals surface area contributed by atoms with Gasteiger partial charge in [0.05, 0.1) is 13.1 Å². The van der Waals surface area contributed by atoms with Crippen LogP contribution in [0.1, 0.15) is 33.1 Å². The molecule has 1 saturated heterocycles. The lowest BCUT2D eigenvalue weighted by molar-refractivity contribution is 0.0744. The molecule has 0 spiro atoms. The van der Waals surface area contributed by atoms with Crippen LogP contribution in [0.5, 0.6) is 5.75 Å². The van der Waals surface area contributed by atoms with Crippen LogP contribution in [-0.4, -0.2) is 62.2 Å². The largest absolute Gasteiger partial charge is 0.489 e. The van der Waals surface area contributed by atoms with Gasteiger partial charge in [0.25, 0.3) is 6.43 Å². The number of alkyl halides is 2. The molecule has 0 radical (unpaired) electrons. The molecule has 1 aliphatic heterocycles. The predicted octanol–water partition coefficient (Wildman–Crippen LogP) is 3.13. The summed E-state index contributed by atoms with van der Waals surface area (Å²) in [4.78, 5) is 6.51. The summed E-state index contributed by atoms with van der Waals surface area (Å²) in [6, 6.07) is 10.0. The Morgan fingerprint density at radius 3 is 2.52 bits per heavy atom. The molecule has 1 fully saturated rings. The highest BCUT2D eigenvalue weighted by molar-refractivity contribution is 5.80. The Morgan fingerprint density at radius 2 is 1.93 bits per heavy atom. The third-order valence-corrected chi connectivity index (χ3v) is 4.62. The summed E-state index contributed by atoms with van der Waals surface area (Å²) >= 11 is 0. The van der Waals surface area contributed by atoms with Crippen LogP contribution >= 0.6 is 0 Å². The lowest BCUT2D eigenvalue weighted by Gasteiger charge is -2.32. The first-order chi connectivity index (χ1) is 13.1. The first kappa shape index (κ1) is 21.4. The van der Waals surface area contributed by atoms with Crippen molar-refractivity contribution >= 4 is 5.96 Å². The van der Waals surface area contributed by atoms with Gasteiger partial charge in [-0.15, -0.1) is 0 Å². The lowest BCUT2D eigenvalue weighted by Crippen LogP contribution is -2.49. The molecule has 0 amide bonds.